The summed E-state index contributed by atoms with van der Waals surface area (Å²) in [6.07, 6.45) is 3.50. The highest BCUT2D eigenvalue weighted by molar-refractivity contribution is 5.88. The van der Waals surface area contributed by atoms with Gasteiger partial charge in [-0.1, -0.05) is 60.7 Å². The fourth-order valence-electron chi connectivity index (χ4n) is 4.06. The molecule has 0 spiro atoms. The lowest BCUT2D eigenvalue weighted by Crippen LogP contribution is -2.36. The SMILES string of the molecule is O=C(NCc1cccc(-c2cccc(-c3cc4cnccc4[nH]3)c2O)c1)N(O)Cc1ccccc1. The molecule has 2 heterocycles. The lowest BCUT2D eigenvalue weighted by molar-refractivity contribution is -0.0509. The molecule has 0 saturated heterocycles. The number of hydrogen-bond donors (Lipinski definition) is 4. The van der Waals surface area contributed by atoms with Gasteiger partial charge in [-0.25, -0.2) is 9.86 Å². The average Bonchev–Trinajstić information content (AvgIpc) is 3.32. The Morgan fingerprint density at radius 3 is 2.51 bits per heavy atom. The third-order valence-electron chi connectivity index (χ3n) is 5.84. The van der Waals surface area contributed by atoms with Crippen LogP contribution in [0.2, 0.25) is 0 Å². The van der Waals surface area contributed by atoms with E-state index >= 15 is 0 Å². The molecule has 0 aliphatic rings. The summed E-state index contributed by atoms with van der Waals surface area (Å²) in [7, 11) is 0. The molecule has 0 aliphatic heterocycles. The molecular formula is C28H24N4O3. The highest BCUT2D eigenvalue weighted by Crippen LogP contribution is 2.38. The summed E-state index contributed by atoms with van der Waals surface area (Å²) >= 11 is 0. The first kappa shape index (κ1) is 22.2. The number of aromatic nitrogens is 2. The third-order valence-corrected chi connectivity index (χ3v) is 5.84. The first-order valence-corrected chi connectivity index (χ1v) is 11.2. The van der Waals surface area contributed by atoms with Crippen LogP contribution in [-0.4, -0.2) is 31.4 Å². The van der Waals surface area contributed by atoms with Gasteiger partial charge in [-0.15, -0.1) is 0 Å². The maximum atomic E-state index is 12.3. The number of rotatable bonds is 6. The van der Waals surface area contributed by atoms with Gasteiger partial charge in [0.2, 0.25) is 0 Å². The van der Waals surface area contributed by atoms with Gasteiger partial charge in [-0.3, -0.25) is 10.2 Å². The Balaban J connectivity index is 1.32. The van der Waals surface area contributed by atoms with Crippen LogP contribution in [0.1, 0.15) is 11.1 Å². The van der Waals surface area contributed by atoms with Crippen molar-refractivity contribution in [3.63, 3.8) is 0 Å². The molecule has 174 valence electrons. The van der Waals surface area contributed by atoms with Gasteiger partial charge in [-0.05, 0) is 41.0 Å². The summed E-state index contributed by atoms with van der Waals surface area (Å²) in [6, 6.07) is 25.7. The van der Waals surface area contributed by atoms with Crippen LogP contribution in [0, 0.1) is 0 Å². The summed E-state index contributed by atoms with van der Waals surface area (Å²) in [5.41, 5.74) is 5.60. The number of amides is 2. The van der Waals surface area contributed by atoms with Crippen LogP contribution in [0.3, 0.4) is 0 Å². The smallest absolute Gasteiger partial charge is 0.341 e. The average molecular weight is 465 g/mol. The van der Waals surface area contributed by atoms with E-state index in [2.05, 4.69) is 15.3 Å². The molecule has 7 nitrogen and oxygen atoms in total. The van der Waals surface area contributed by atoms with E-state index in [9.17, 15) is 15.1 Å². The summed E-state index contributed by atoms with van der Waals surface area (Å²) in [6.45, 7) is 0.325. The van der Waals surface area contributed by atoms with E-state index in [0.29, 0.717) is 16.2 Å². The molecule has 0 bridgehead atoms. The van der Waals surface area contributed by atoms with Gasteiger partial charge in [0.1, 0.15) is 5.75 Å². The fraction of sp³-hybridized carbons (Fsp3) is 0.0714. The molecule has 0 aliphatic carbocycles. The predicted octanol–water partition coefficient (Wildman–Crippen LogP) is 5.70. The number of urea groups is 1. The molecular weight excluding hydrogens is 440 g/mol. The Morgan fingerprint density at radius 2 is 1.69 bits per heavy atom. The number of benzene rings is 3. The van der Waals surface area contributed by atoms with Crippen LogP contribution in [0.5, 0.6) is 5.75 Å². The summed E-state index contributed by atoms with van der Waals surface area (Å²) < 4.78 is 0. The lowest BCUT2D eigenvalue weighted by Gasteiger charge is -2.16. The second-order valence-corrected chi connectivity index (χ2v) is 8.25. The van der Waals surface area contributed by atoms with Crippen molar-refractivity contribution in [3.8, 4) is 28.1 Å². The zero-order valence-electron chi connectivity index (χ0n) is 18.8. The fourth-order valence-corrected chi connectivity index (χ4v) is 4.06. The van der Waals surface area contributed by atoms with Gasteiger partial charge in [0, 0.05) is 41.0 Å². The maximum absolute atomic E-state index is 12.3. The van der Waals surface area contributed by atoms with E-state index in [-0.39, 0.29) is 18.8 Å². The minimum absolute atomic E-state index is 0.0944. The number of para-hydroxylation sites is 1. The molecule has 0 fully saturated rings. The number of phenolic OH excluding ortho intramolecular Hbond substituents is 1. The first-order chi connectivity index (χ1) is 17.1. The predicted molar refractivity (Wildman–Crippen MR) is 135 cm³/mol. The largest absolute Gasteiger partial charge is 0.507 e. The zero-order chi connectivity index (χ0) is 24.2. The topological polar surface area (TPSA) is 101 Å². The number of nitrogens with one attached hydrogen (secondary N) is 2. The Hall–Kier alpha value is -4.62. The van der Waals surface area contributed by atoms with Crippen molar-refractivity contribution in [1.29, 1.82) is 0 Å². The van der Waals surface area contributed by atoms with Gasteiger partial charge in [0.05, 0.1) is 12.2 Å². The molecule has 0 unspecified atom stereocenters. The minimum Gasteiger partial charge on any atom is -0.507 e. The zero-order valence-corrected chi connectivity index (χ0v) is 18.8. The highest BCUT2D eigenvalue weighted by atomic mass is 16.5. The molecule has 0 saturated carbocycles. The maximum Gasteiger partial charge on any atom is 0.341 e. The van der Waals surface area contributed by atoms with Crippen LogP contribution in [0.15, 0.2) is 97.3 Å². The van der Waals surface area contributed by atoms with E-state index in [1.54, 1.807) is 12.4 Å². The molecule has 5 rings (SSSR count). The quantitative estimate of drug-likeness (QED) is 0.191. The normalized spacial score (nSPS) is 10.9. The molecule has 5 aromatic rings. The number of hydroxylamine groups is 2. The summed E-state index contributed by atoms with van der Waals surface area (Å²) in [4.78, 5) is 19.8. The van der Waals surface area contributed by atoms with Crippen LogP contribution in [-0.2, 0) is 13.1 Å². The number of hydrogen-bond acceptors (Lipinski definition) is 4. The monoisotopic (exact) mass is 464 g/mol. The van der Waals surface area contributed by atoms with Gasteiger partial charge in [-0.2, -0.15) is 0 Å². The highest BCUT2D eigenvalue weighted by Gasteiger charge is 2.14. The molecule has 3 aromatic carbocycles. The molecule has 0 atom stereocenters. The third kappa shape index (κ3) is 4.85. The second-order valence-electron chi connectivity index (χ2n) is 8.25. The summed E-state index contributed by atoms with van der Waals surface area (Å²) in [5.74, 6) is 0.164. The van der Waals surface area contributed by atoms with Gasteiger partial charge < -0.3 is 15.4 Å². The standard InChI is InChI=1S/C28H24N4O3/c33-27-23(10-5-11-24(27)26-15-22-17-29-13-12-25(22)31-26)21-9-4-8-20(14-21)16-30-28(34)32(35)18-19-6-2-1-3-7-19/h1-15,17,31,33,35H,16,18H2,(H,30,34). The molecule has 7 heteroatoms. The second kappa shape index (κ2) is 9.70. The van der Waals surface area contributed by atoms with Crippen molar-refractivity contribution in [2.75, 3.05) is 0 Å². The van der Waals surface area contributed by atoms with Crippen molar-refractivity contribution in [2.45, 2.75) is 13.1 Å². The van der Waals surface area contributed by atoms with Crippen LogP contribution >= 0.6 is 0 Å². The molecule has 0 radical (unpaired) electrons. The number of aromatic amines is 1. The van der Waals surface area contributed by atoms with E-state index in [1.165, 1.54) is 0 Å². The lowest BCUT2D eigenvalue weighted by atomic mass is 9.98. The molecule has 2 aromatic heterocycles. The van der Waals surface area contributed by atoms with Crippen LogP contribution in [0.4, 0.5) is 4.79 Å². The number of carbonyl (C=O) groups is 1. The molecule has 4 N–H and O–H groups in total. The van der Waals surface area contributed by atoms with Crippen molar-refractivity contribution < 1.29 is 15.1 Å². The van der Waals surface area contributed by atoms with E-state index in [4.69, 9.17) is 0 Å². The Morgan fingerprint density at radius 1 is 0.914 bits per heavy atom. The number of H-pyrrole nitrogens is 1. The number of fused-ring (bicyclic) bond motifs is 1. The van der Waals surface area contributed by atoms with E-state index in [0.717, 1.165) is 33.3 Å². The van der Waals surface area contributed by atoms with Crippen LogP contribution < -0.4 is 5.32 Å². The number of pyridine rings is 1. The van der Waals surface area contributed by atoms with Gasteiger partial charge >= 0.3 is 6.03 Å². The van der Waals surface area contributed by atoms with Crippen molar-refractivity contribution in [2.24, 2.45) is 0 Å². The number of carbonyl (C=O) groups excluding carboxylic acids is 1. The van der Waals surface area contributed by atoms with Gasteiger partial charge in [0.15, 0.2) is 0 Å². The minimum atomic E-state index is -0.586. The number of nitrogens with zero attached hydrogens (tertiary/aromatic N) is 2. The molecule has 2 amide bonds. The van der Waals surface area contributed by atoms with Crippen molar-refractivity contribution >= 4 is 16.9 Å². The van der Waals surface area contributed by atoms with E-state index < -0.39 is 6.03 Å². The Labute approximate surface area is 202 Å². The Kier molecular flexibility index (Phi) is 6.15. The van der Waals surface area contributed by atoms with E-state index in [1.807, 2.05) is 84.9 Å². The first-order valence-electron chi connectivity index (χ1n) is 11.2. The van der Waals surface area contributed by atoms with Crippen molar-refractivity contribution in [3.05, 3.63) is 108 Å². The summed E-state index contributed by atoms with van der Waals surface area (Å²) in [5, 5.41) is 25.5. The number of aromatic hydroxyl groups is 1. The number of phenols is 1. The van der Waals surface area contributed by atoms with Crippen LogP contribution in [0.25, 0.3) is 33.3 Å². The molecule has 35 heavy (non-hydrogen) atoms. The Bertz CT molecular complexity index is 1450. The van der Waals surface area contributed by atoms with Gasteiger partial charge in [0.25, 0.3) is 0 Å². The van der Waals surface area contributed by atoms with Crippen molar-refractivity contribution in [1.82, 2.24) is 20.3 Å².